The van der Waals surface area contributed by atoms with Crippen molar-refractivity contribution in [3.63, 3.8) is 0 Å². The highest BCUT2D eigenvalue weighted by molar-refractivity contribution is 5.17. The van der Waals surface area contributed by atoms with Gasteiger partial charge in [0.05, 0.1) is 0 Å². The summed E-state index contributed by atoms with van der Waals surface area (Å²) in [5, 5.41) is 9.01. The third-order valence-corrected chi connectivity index (χ3v) is 1.80. The lowest BCUT2D eigenvalue weighted by Gasteiger charge is -2.07. The van der Waals surface area contributed by atoms with Crippen molar-refractivity contribution in [3.8, 4) is 5.88 Å². The first-order valence-corrected chi connectivity index (χ1v) is 4.57. The Hall–Kier alpha value is -1.33. The topological polar surface area (TPSA) is 46.0 Å². The fraction of sp³-hybridized carbons (Fsp3) is 0.556. The van der Waals surface area contributed by atoms with Crippen molar-refractivity contribution in [3.05, 3.63) is 17.6 Å². The molecule has 0 saturated heterocycles. The predicted octanol–water partition coefficient (Wildman–Crippen LogP) is 2.54. The number of rotatable bonds is 3. The minimum atomic E-state index is -4.54. The minimum absolute atomic E-state index is 0.0316. The molecule has 84 valence electrons. The smallest absolute Gasteiger partial charge is 0.433 e. The van der Waals surface area contributed by atoms with E-state index in [4.69, 9.17) is 5.11 Å². The molecule has 0 aliphatic rings. The van der Waals surface area contributed by atoms with Gasteiger partial charge in [0.15, 0.2) is 5.69 Å². The van der Waals surface area contributed by atoms with Gasteiger partial charge in [-0.05, 0) is 6.42 Å². The van der Waals surface area contributed by atoms with Crippen molar-refractivity contribution in [1.82, 2.24) is 9.97 Å². The molecule has 15 heavy (non-hydrogen) atoms. The maximum Gasteiger partial charge on any atom is 0.433 e. The second-order valence-electron chi connectivity index (χ2n) is 3.13. The van der Waals surface area contributed by atoms with E-state index < -0.39 is 17.8 Å². The highest BCUT2D eigenvalue weighted by Gasteiger charge is 2.33. The van der Waals surface area contributed by atoms with Gasteiger partial charge in [0, 0.05) is 12.5 Å². The van der Waals surface area contributed by atoms with E-state index in [-0.39, 0.29) is 5.82 Å². The van der Waals surface area contributed by atoms with E-state index in [0.717, 1.165) is 6.42 Å². The molecule has 0 fully saturated rings. The van der Waals surface area contributed by atoms with Crippen LogP contribution in [0.3, 0.4) is 0 Å². The quantitative estimate of drug-likeness (QED) is 0.851. The molecule has 1 heterocycles. The van der Waals surface area contributed by atoms with Gasteiger partial charge in [0.25, 0.3) is 0 Å². The lowest BCUT2D eigenvalue weighted by molar-refractivity contribution is -0.141. The van der Waals surface area contributed by atoms with Gasteiger partial charge >= 0.3 is 6.18 Å². The average molecular weight is 220 g/mol. The number of aryl methyl sites for hydroxylation is 1. The summed E-state index contributed by atoms with van der Waals surface area (Å²) in [5.41, 5.74) is -1.10. The average Bonchev–Trinajstić information content (AvgIpc) is 2.12. The van der Waals surface area contributed by atoms with Crippen LogP contribution in [0.5, 0.6) is 5.88 Å². The van der Waals surface area contributed by atoms with Crippen LogP contribution in [0.2, 0.25) is 0 Å². The van der Waals surface area contributed by atoms with Gasteiger partial charge in [-0.25, -0.2) is 4.98 Å². The van der Waals surface area contributed by atoms with Crippen LogP contribution < -0.4 is 0 Å². The van der Waals surface area contributed by atoms with E-state index >= 15 is 0 Å². The molecule has 1 aromatic rings. The number of aromatic hydroxyl groups is 1. The molecule has 1 aromatic heterocycles. The molecule has 0 atom stereocenters. The van der Waals surface area contributed by atoms with Crippen LogP contribution in [-0.2, 0) is 12.6 Å². The van der Waals surface area contributed by atoms with E-state index in [2.05, 4.69) is 9.97 Å². The molecule has 0 aromatic carbocycles. The lowest BCUT2D eigenvalue weighted by atomic mass is 10.2. The first kappa shape index (κ1) is 11.7. The Bertz CT molecular complexity index is 339. The summed E-state index contributed by atoms with van der Waals surface area (Å²) < 4.78 is 36.8. The second kappa shape index (κ2) is 4.46. The summed E-state index contributed by atoms with van der Waals surface area (Å²) in [6.45, 7) is 1.91. The summed E-state index contributed by atoms with van der Waals surface area (Å²) in [6.07, 6.45) is -2.67. The molecule has 0 aliphatic carbocycles. The van der Waals surface area contributed by atoms with E-state index in [0.29, 0.717) is 18.9 Å². The van der Waals surface area contributed by atoms with Gasteiger partial charge in [0.2, 0.25) is 5.88 Å². The standard InChI is InChI=1S/C9H11F3N2O/c1-2-3-4-7-13-6(9(10,11)12)5-8(15)14-7/h5H,2-4H2,1H3,(H,13,14,15). The molecule has 1 rings (SSSR count). The van der Waals surface area contributed by atoms with Crippen molar-refractivity contribution in [2.45, 2.75) is 32.4 Å². The minimum Gasteiger partial charge on any atom is -0.493 e. The Labute approximate surface area is 85.0 Å². The van der Waals surface area contributed by atoms with E-state index in [1.165, 1.54) is 0 Å². The number of alkyl halides is 3. The molecule has 1 N–H and O–H groups in total. The normalized spacial score (nSPS) is 11.7. The number of hydrogen-bond acceptors (Lipinski definition) is 3. The van der Waals surface area contributed by atoms with Crippen molar-refractivity contribution >= 4 is 0 Å². The van der Waals surface area contributed by atoms with Gasteiger partial charge in [0.1, 0.15) is 5.82 Å². The summed E-state index contributed by atoms with van der Waals surface area (Å²) in [5.74, 6) is -0.604. The molecule has 0 bridgehead atoms. The largest absolute Gasteiger partial charge is 0.493 e. The molecule has 0 spiro atoms. The second-order valence-corrected chi connectivity index (χ2v) is 3.13. The summed E-state index contributed by atoms with van der Waals surface area (Å²) in [7, 11) is 0. The zero-order valence-corrected chi connectivity index (χ0v) is 8.17. The Balaban J connectivity index is 2.95. The van der Waals surface area contributed by atoms with Crippen molar-refractivity contribution in [2.75, 3.05) is 0 Å². The molecule has 0 unspecified atom stereocenters. The van der Waals surface area contributed by atoms with Gasteiger partial charge in [-0.2, -0.15) is 18.2 Å². The SMILES string of the molecule is CCCCc1nc(O)cc(C(F)(F)F)n1. The van der Waals surface area contributed by atoms with E-state index in [9.17, 15) is 13.2 Å². The molecule has 6 heteroatoms. The molecule has 0 saturated carbocycles. The fourth-order valence-corrected chi connectivity index (χ4v) is 1.08. The lowest BCUT2D eigenvalue weighted by Crippen LogP contribution is -2.10. The summed E-state index contributed by atoms with van der Waals surface area (Å²) >= 11 is 0. The van der Waals surface area contributed by atoms with E-state index in [1.807, 2.05) is 6.92 Å². The number of halogens is 3. The van der Waals surface area contributed by atoms with Crippen molar-refractivity contribution < 1.29 is 18.3 Å². The first-order chi connectivity index (χ1) is 6.93. The zero-order chi connectivity index (χ0) is 11.5. The Morgan fingerprint density at radius 2 is 2.00 bits per heavy atom. The summed E-state index contributed by atoms with van der Waals surface area (Å²) in [6, 6.07) is 0.523. The van der Waals surface area contributed by atoms with E-state index in [1.54, 1.807) is 0 Å². The number of nitrogens with zero attached hydrogens (tertiary/aromatic N) is 2. The number of unbranched alkanes of at least 4 members (excludes halogenated alkanes) is 1. The molecule has 0 amide bonds. The van der Waals surface area contributed by atoms with Gasteiger partial charge in [-0.1, -0.05) is 13.3 Å². The van der Waals surface area contributed by atoms with Crippen LogP contribution in [0.15, 0.2) is 6.07 Å². The first-order valence-electron chi connectivity index (χ1n) is 4.57. The highest BCUT2D eigenvalue weighted by atomic mass is 19.4. The van der Waals surface area contributed by atoms with Crippen LogP contribution in [0, 0.1) is 0 Å². The van der Waals surface area contributed by atoms with Gasteiger partial charge < -0.3 is 5.11 Å². The van der Waals surface area contributed by atoms with Crippen LogP contribution >= 0.6 is 0 Å². The van der Waals surface area contributed by atoms with Crippen LogP contribution in [0.1, 0.15) is 31.3 Å². The van der Waals surface area contributed by atoms with Crippen LogP contribution in [0.4, 0.5) is 13.2 Å². The molecular formula is C9H11F3N2O. The van der Waals surface area contributed by atoms with Crippen molar-refractivity contribution in [2.24, 2.45) is 0 Å². The fourth-order valence-electron chi connectivity index (χ4n) is 1.08. The van der Waals surface area contributed by atoms with Gasteiger partial charge in [-0.3, -0.25) is 0 Å². The number of hydrogen-bond donors (Lipinski definition) is 1. The van der Waals surface area contributed by atoms with Crippen molar-refractivity contribution in [1.29, 1.82) is 0 Å². The summed E-state index contributed by atoms with van der Waals surface area (Å²) in [4.78, 5) is 6.88. The third-order valence-electron chi connectivity index (χ3n) is 1.80. The van der Waals surface area contributed by atoms with Crippen LogP contribution in [-0.4, -0.2) is 15.1 Å². The maximum atomic E-state index is 12.3. The van der Waals surface area contributed by atoms with Gasteiger partial charge in [-0.15, -0.1) is 0 Å². The zero-order valence-electron chi connectivity index (χ0n) is 8.17. The molecule has 3 nitrogen and oxygen atoms in total. The molecular weight excluding hydrogens is 209 g/mol. The predicted molar refractivity (Wildman–Crippen MR) is 47.3 cm³/mol. The Kier molecular flexibility index (Phi) is 3.49. The maximum absolute atomic E-state index is 12.3. The number of aromatic nitrogens is 2. The molecule has 0 radical (unpaired) electrons. The molecule has 0 aliphatic heterocycles. The highest BCUT2D eigenvalue weighted by Crippen LogP contribution is 2.29. The third kappa shape index (κ3) is 3.38. The Morgan fingerprint density at radius 3 is 2.53 bits per heavy atom. The Morgan fingerprint density at radius 1 is 1.33 bits per heavy atom. The van der Waals surface area contributed by atoms with Crippen LogP contribution in [0.25, 0.3) is 0 Å². The monoisotopic (exact) mass is 220 g/mol.